The van der Waals surface area contributed by atoms with E-state index in [2.05, 4.69) is 9.13 Å². The maximum atomic E-state index is 11.5. The second kappa shape index (κ2) is 13.5. The normalized spacial score (nSPS) is 10.8. The molecular formula is C28H34N2O6. The Labute approximate surface area is 211 Å². The molecular weight excluding hydrogens is 460 g/mol. The fourth-order valence-electron chi connectivity index (χ4n) is 4.01. The maximum absolute atomic E-state index is 11.5. The number of methoxy groups -OCH3 is 4. The van der Waals surface area contributed by atoms with Gasteiger partial charge in [0.1, 0.15) is 0 Å². The van der Waals surface area contributed by atoms with Crippen molar-refractivity contribution in [2.24, 2.45) is 0 Å². The smallest absolute Gasteiger partial charge is 0.337 e. The number of nitrogens with zero attached hydrogens (tertiary/aromatic N) is 2. The van der Waals surface area contributed by atoms with Crippen LogP contribution < -0.4 is 0 Å². The fraction of sp³-hybridized carbons (Fsp3) is 0.357. The number of rotatable bonds is 10. The van der Waals surface area contributed by atoms with Crippen molar-refractivity contribution in [3.05, 3.63) is 72.1 Å². The number of aryl methyl sites for hydroxylation is 2. The van der Waals surface area contributed by atoms with Crippen LogP contribution in [0.1, 0.15) is 33.6 Å². The summed E-state index contributed by atoms with van der Waals surface area (Å²) in [7, 11) is 6.18. The molecule has 0 saturated carbocycles. The Morgan fingerprint density at radius 3 is 1.42 bits per heavy atom. The third kappa shape index (κ3) is 6.74. The van der Waals surface area contributed by atoms with Gasteiger partial charge < -0.3 is 28.1 Å². The van der Waals surface area contributed by atoms with E-state index in [0.717, 1.165) is 61.0 Å². The molecule has 192 valence electrons. The zero-order chi connectivity index (χ0) is 25.9. The quantitative estimate of drug-likeness (QED) is 0.230. The van der Waals surface area contributed by atoms with Crippen LogP contribution in [0.3, 0.4) is 0 Å². The van der Waals surface area contributed by atoms with E-state index < -0.39 is 0 Å². The van der Waals surface area contributed by atoms with Crippen LogP contribution in [0.2, 0.25) is 0 Å². The van der Waals surface area contributed by atoms with Gasteiger partial charge in [-0.2, -0.15) is 0 Å². The molecule has 8 heteroatoms. The van der Waals surface area contributed by atoms with Gasteiger partial charge >= 0.3 is 11.9 Å². The number of carbonyl (C=O) groups is 2. The third-order valence-electron chi connectivity index (χ3n) is 5.88. The molecule has 0 saturated heterocycles. The van der Waals surface area contributed by atoms with Gasteiger partial charge in [0, 0.05) is 63.9 Å². The number of carbonyl (C=O) groups excluding carboxylic acids is 2. The van der Waals surface area contributed by atoms with E-state index in [1.54, 1.807) is 26.4 Å². The molecule has 0 atom stereocenters. The van der Waals surface area contributed by atoms with Gasteiger partial charge in [0.15, 0.2) is 0 Å². The van der Waals surface area contributed by atoms with E-state index >= 15 is 0 Å². The first-order chi connectivity index (χ1) is 17.5. The van der Waals surface area contributed by atoms with Crippen molar-refractivity contribution >= 4 is 33.7 Å². The van der Waals surface area contributed by atoms with Gasteiger partial charge in [-0.15, -0.1) is 0 Å². The van der Waals surface area contributed by atoms with E-state index in [4.69, 9.17) is 18.9 Å². The molecule has 36 heavy (non-hydrogen) atoms. The molecule has 0 aliphatic heterocycles. The van der Waals surface area contributed by atoms with Crippen molar-refractivity contribution in [2.75, 3.05) is 41.7 Å². The van der Waals surface area contributed by atoms with Gasteiger partial charge in [-0.3, -0.25) is 0 Å². The van der Waals surface area contributed by atoms with Crippen LogP contribution in [-0.4, -0.2) is 62.7 Å². The highest BCUT2D eigenvalue weighted by atomic mass is 16.5. The van der Waals surface area contributed by atoms with Crippen molar-refractivity contribution in [1.29, 1.82) is 0 Å². The first-order valence-corrected chi connectivity index (χ1v) is 11.8. The minimum Gasteiger partial charge on any atom is -0.465 e. The lowest BCUT2D eigenvalue weighted by Crippen LogP contribution is -2.03. The summed E-state index contributed by atoms with van der Waals surface area (Å²) in [6.07, 6.45) is 5.95. The molecule has 4 aromatic rings. The number of ether oxygens (including phenoxy) is 4. The first kappa shape index (κ1) is 27.0. The summed E-state index contributed by atoms with van der Waals surface area (Å²) in [6.45, 7) is 3.22. The minimum atomic E-state index is -0.304. The molecule has 0 amide bonds. The average Bonchev–Trinajstić information content (AvgIpc) is 3.51. The van der Waals surface area contributed by atoms with E-state index in [1.165, 1.54) is 14.2 Å². The lowest BCUT2D eigenvalue weighted by Gasteiger charge is -2.06. The van der Waals surface area contributed by atoms with E-state index in [1.807, 2.05) is 48.8 Å². The molecule has 0 bridgehead atoms. The summed E-state index contributed by atoms with van der Waals surface area (Å²) in [5.41, 5.74) is 3.26. The Balaban J connectivity index is 0.000000201. The molecule has 0 N–H and O–H groups in total. The first-order valence-electron chi connectivity index (χ1n) is 11.8. The Morgan fingerprint density at radius 2 is 1.06 bits per heavy atom. The summed E-state index contributed by atoms with van der Waals surface area (Å²) in [4.78, 5) is 23.0. The largest absolute Gasteiger partial charge is 0.465 e. The maximum Gasteiger partial charge on any atom is 0.337 e. The van der Waals surface area contributed by atoms with Crippen LogP contribution in [0.5, 0.6) is 0 Å². The molecule has 0 spiro atoms. The topological polar surface area (TPSA) is 80.9 Å². The van der Waals surface area contributed by atoms with Crippen LogP contribution in [0.25, 0.3) is 21.8 Å². The van der Waals surface area contributed by atoms with Crippen LogP contribution >= 0.6 is 0 Å². The number of esters is 2. The van der Waals surface area contributed by atoms with E-state index in [-0.39, 0.29) is 11.9 Å². The average molecular weight is 495 g/mol. The monoisotopic (exact) mass is 494 g/mol. The van der Waals surface area contributed by atoms with Crippen LogP contribution in [0.15, 0.2) is 60.9 Å². The molecule has 0 unspecified atom stereocenters. The molecule has 0 aliphatic rings. The summed E-state index contributed by atoms with van der Waals surface area (Å²) < 4.78 is 23.8. The third-order valence-corrected chi connectivity index (χ3v) is 5.88. The van der Waals surface area contributed by atoms with E-state index in [0.29, 0.717) is 11.1 Å². The molecule has 2 aromatic heterocycles. The lowest BCUT2D eigenvalue weighted by atomic mass is 10.1. The number of aromatic nitrogens is 2. The second-order valence-electron chi connectivity index (χ2n) is 8.24. The minimum absolute atomic E-state index is 0.304. The molecule has 0 radical (unpaired) electrons. The summed E-state index contributed by atoms with van der Waals surface area (Å²) in [6, 6.07) is 15.3. The SMILES string of the molecule is COCCCn1ccc2ccc(C(=O)OC)cc21.COCCCn1ccc2ccc(C(=O)OC)cc21. The molecule has 4 rings (SSSR count). The Bertz CT molecular complexity index is 1190. The summed E-state index contributed by atoms with van der Waals surface area (Å²) in [5, 5.41) is 2.25. The highest BCUT2D eigenvalue weighted by Gasteiger charge is 2.09. The van der Waals surface area contributed by atoms with Gasteiger partial charge in [-0.25, -0.2) is 9.59 Å². The van der Waals surface area contributed by atoms with Gasteiger partial charge in [-0.1, -0.05) is 12.1 Å². The number of hydrogen-bond acceptors (Lipinski definition) is 6. The van der Waals surface area contributed by atoms with Crippen molar-refractivity contribution in [1.82, 2.24) is 9.13 Å². The summed E-state index contributed by atoms with van der Waals surface area (Å²) in [5.74, 6) is -0.608. The standard InChI is InChI=1S/2C14H17NO3/c2*1-17-9-3-7-15-8-6-11-4-5-12(10-13(11)15)14(16)18-2/h2*4-6,8,10H,3,7,9H2,1-2H3. The van der Waals surface area contributed by atoms with Gasteiger partial charge in [0.05, 0.1) is 25.3 Å². The van der Waals surface area contributed by atoms with E-state index in [9.17, 15) is 9.59 Å². The van der Waals surface area contributed by atoms with Crippen molar-refractivity contribution in [3.8, 4) is 0 Å². The zero-order valence-corrected chi connectivity index (χ0v) is 21.4. The van der Waals surface area contributed by atoms with Gasteiger partial charge in [0.2, 0.25) is 0 Å². The van der Waals surface area contributed by atoms with Gasteiger partial charge in [0.25, 0.3) is 0 Å². The lowest BCUT2D eigenvalue weighted by molar-refractivity contribution is 0.0592. The zero-order valence-electron chi connectivity index (χ0n) is 21.4. The highest BCUT2D eigenvalue weighted by molar-refractivity contribution is 5.95. The predicted molar refractivity (Wildman–Crippen MR) is 140 cm³/mol. The van der Waals surface area contributed by atoms with Crippen molar-refractivity contribution in [3.63, 3.8) is 0 Å². The van der Waals surface area contributed by atoms with Gasteiger partial charge in [-0.05, 0) is 60.0 Å². The Morgan fingerprint density at radius 1 is 0.639 bits per heavy atom. The van der Waals surface area contributed by atoms with Crippen LogP contribution in [-0.2, 0) is 32.0 Å². The van der Waals surface area contributed by atoms with Crippen LogP contribution in [0, 0.1) is 0 Å². The molecule has 0 fully saturated rings. The Kier molecular flexibility index (Phi) is 10.1. The number of hydrogen-bond donors (Lipinski definition) is 0. The highest BCUT2D eigenvalue weighted by Crippen LogP contribution is 2.20. The fourth-order valence-corrected chi connectivity index (χ4v) is 4.01. The van der Waals surface area contributed by atoms with Crippen molar-refractivity contribution < 1.29 is 28.5 Å². The van der Waals surface area contributed by atoms with Crippen LogP contribution in [0.4, 0.5) is 0 Å². The molecule has 8 nitrogen and oxygen atoms in total. The van der Waals surface area contributed by atoms with Crippen molar-refractivity contribution in [2.45, 2.75) is 25.9 Å². The predicted octanol–water partition coefficient (Wildman–Crippen LogP) is 4.93. The Hall–Kier alpha value is -3.62. The summed E-state index contributed by atoms with van der Waals surface area (Å²) >= 11 is 0. The molecule has 2 aromatic carbocycles. The molecule has 0 aliphatic carbocycles. The second-order valence-corrected chi connectivity index (χ2v) is 8.24. The molecule has 2 heterocycles. The number of benzene rings is 2. The number of fused-ring (bicyclic) bond motifs is 2.